The molecular formula is C21H34N4O2. The van der Waals surface area contributed by atoms with E-state index in [-0.39, 0.29) is 5.91 Å². The summed E-state index contributed by atoms with van der Waals surface area (Å²) in [6.45, 7) is 7.75. The van der Waals surface area contributed by atoms with Gasteiger partial charge >= 0.3 is 0 Å². The predicted molar refractivity (Wildman–Crippen MR) is 110 cm³/mol. The highest BCUT2D eigenvalue weighted by Crippen LogP contribution is 2.18. The molecule has 0 bridgehead atoms. The number of amides is 1. The Bertz CT molecular complexity index is 573. The van der Waals surface area contributed by atoms with E-state index in [4.69, 9.17) is 4.74 Å². The minimum Gasteiger partial charge on any atom is -0.376 e. The van der Waals surface area contributed by atoms with Crippen LogP contribution in [0.2, 0.25) is 0 Å². The maximum Gasteiger partial charge on any atom is 0.220 e. The van der Waals surface area contributed by atoms with Crippen LogP contribution in [0.3, 0.4) is 0 Å². The second kappa shape index (κ2) is 12.3. The molecule has 0 heterocycles. The normalized spacial score (nSPS) is 15.3. The number of hydrogen-bond acceptors (Lipinski definition) is 3. The van der Waals surface area contributed by atoms with Crippen molar-refractivity contribution in [3.63, 3.8) is 0 Å². The fraction of sp³-hybridized carbons (Fsp3) is 0.619. The maximum absolute atomic E-state index is 11.7. The average Bonchev–Trinajstić information content (AvgIpc) is 3.48. The summed E-state index contributed by atoms with van der Waals surface area (Å²) in [4.78, 5) is 16.3. The zero-order chi connectivity index (χ0) is 19.3. The third-order valence-electron chi connectivity index (χ3n) is 4.23. The minimum atomic E-state index is 0.158. The Hall–Kier alpha value is -2.08. The molecule has 6 heteroatoms. The number of carbonyl (C=O) groups is 1. The van der Waals surface area contributed by atoms with Gasteiger partial charge in [0.05, 0.1) is 13.2 Å². The van der Waals surface area contributed by atoms with Gasteiger partial charge in [-0.25, -0.2) is 0 Å². The van der Waals surface area contributed by atoms with Crippen molar-refractivity contribution in [3.05, 3.63) is 35.9 Å². The van der Waals surface area contributed by atoms with Gasteiger partial charge in [-0.2, -0.15) is 0 Å². The van der Waals surface area contributed by atoms with Gasteiger partial charge < -0.3 is 20.7 Å². The van der Waals surface area contributed by atoms with Crippen LogP contribution in [0.1, 0.15) is 45.1 Å². The van der Waals surface area contributed by atoms with Crippen LogP contribution < -0.4 is 16.0 Å². The van der Waals surface area contributed by atoms with Gasteiger partial charge in [0, 0.05) is 32.1 Å². The van der Waals surface area contributed by atoms with E-state index in [9.17, 15) is 4.79 Å². The molecule has 1 aliphatic carbocycles. The van der Waals surface area contributed by atoms with Crippen molar-refractivity contribution < 1.29 is 9.53 Å². The van der Waals surface area contributed by atoms with Gasteiger partial charge in [-0.15, -0.1) is 0 Å². The highest BCUT2D eigenvalue weighted by Gasteiger charge is 2.22. The quantitative estimate of drug-likeness (QED) is 0.298. The summed E-state index contributed by atoms with van der Waals surface area (Å²) >= 11 is 0. The van der Waals surface area contributed by atoms with Gasteiger partial charge in [0.2, 0.25) is 5.91 Å². The minimum absolute atomic E-state index is 0.158. The van der Waals surface area contributed by atoms with E-state index in [2.05, 4.69) is 40.0 Å². The van der Waals surface area contributed by atoms with Crippen molar-refractivity contribution >= 4 is 11.9 Å². The highest BCUT2D eigenvalue weighted by molar-refractivity contribution is 5.80. The SMILES string of the molecule is CCNC(=NCC(C)COCc1ccccc1)NCCCC(=O)NC1CC1. The van der Waals surface area contributed by atoms with Crippen molar-refractivity contribution in [2.75, 3.05) is 26.2 Å². The summed E-state index contributed by atoms with van der Waals surface area (Å²) in [7, 11) is 0. The van der Waals surface area contributed by atoms with Gasteiger partial charge in [0.15, 0.2) is 5.96 Å². The third-order valence-corrected chi connectivity index (χ3v) is 4.23. The van der Waals surface area contributed by atoms with Crippen LogP contribution in [-0.4, -0.2) is 44.1 Å². The van der Waals surface area contributed by atoms with Crippen LogP contribution in [0.5, 0.6) is 0 Å². The van der Waals surface area contributed by atoms with Crippen LogP contribution in [0.15, 0.2) is 35.3 Å². The van der Waals surface area contributed by atoms with Crippen molar-refractivity contribution in [1.29, 1.82) is 0 Å². The van der Waals surface area contributed by atoms with Gasteiger partial charge in [0.25, 0.3) is 0 Å². The van der Waals surface area contributed by atoms with Crippen molar-refractivity contribution in [3.8, 4) is 0 Å². The van der Waals surface area contributed by atoms with Crippen LogP contribution in [0, 0.1) is 5.92 Å². The van der Waals surface area contributed by atoms with Crippen LogP contribution in [0.4, 0.5) is 0 Å². The lowest BCUT2D eigenvalue weighted by Gasteiger charge is -2.14. The van der Waals surface area contributed by atoms with Crippen molar-refractivity contribution in [2.24, 2.45) is 10.9 Å². The number of carbonyl (C=O) groups excluding carboxylic acids is 1. The molecule has 1 amide bonds. The zero-order valence-corrected chi connectivity index (χ0v) is 16.7. The van der Waals surface area contributed by atoms with Gasteiger partial charge in [-0.3, -0.25) is 9.79 Å². The molecule has 0 aliphatic heterocycles. The molecule has 1 fully saturated rings. The Morgan fingerprint density at radius 2 is 2.04 bits per heavy atom. The first kappa shape index (κ1) is 21.2. The number of aliphatic imine (C=N–C) groups is 1. The first-order valence-electron chi connectivity index (χ1n) is 10.1. The van der Waals surface area contributed by atoms with E-state index >= 15 is 0 Å². The molecule has 1 atom stereocenters. The number of nitrogens with one attached hydrogen (secondary N) is 3. The zero-order valence-electron chi connectivity index (χ0n) is 16.7. The molecule has 27 heavy (non-hydrogen) atoms. The fourth-order valence-electron chi connectivity index (χ4n) is 2.58. The molecule has 0 aromatic heterocycles. The molecule has 0 saturated heterocycles. The molecule has 2 rings (SSSR count). The maximum atomic E-state index is 11.7. The van der Waals surface area contributed by atoms with E-state index in [1.54, 1.807) is 0 Å². The van der Waals surface area contributed by atoms with Gasteiger partial charge in [0.1, 0.15) is 0 Å². The van der Waals surface area contributed by atoms with E-state index < -0.39 is 0 Å². The lowest BCUT2D eigenvalue weighted by Crippen LogP contribution is -2.38. The van der Waals surface area contributed by atoms with E-state index in [0.717, 1.165) is 38.3 Å². The lowest BCUT2D eigenvalue weighted by molar-refractivity contribution is -0.121. The Morgan fingerprint density at radius 1 is 1.26 bits per heavy atom. The topological polar surface area (TPSA) is 74.8 Å². The van der Waals surface area contributed by atoms with Crippen molar-refractivity contribution in [2.45, 2.75) is 52.2 Å². The molecule has 1 aromatic carbocycles. The number of rotatable bonds is 12. The first-order chi connectivity index (χ1) is 13.2. The Balaban J connectivity index is 1.59. The van der Waals surface area contributed by atoms with Gasteiger partial charge in [-0.1, -0.05) is 37.3 Å². The fourth-order valence-corrected chi connectivity index (χ4v) is 2.58. The molecule has 0 spiro atoms. The third kappa shape index (κ3) is 9.99. The Morgan fingerprint density at radius 3 is 2.74 bits per heavy atom. The molecule has 1 aliphatic rings. The number of benzene rings is 1. The van der Waals surface area contributed by atoms with E-state index in [1.165, 1.54) is 5.56 Å². The number of ether oxygens (including phenoxy) is 1. The van der Waals surface area contributed by atoms with Crippen LogP contribution in [-0.2, 0) is 16.1 Å². The number of hydrogen-bond donors (Lipinski definition) is 3. The molecular weight excluding hydrogens is 340 g/mol. The Labute approximate surface area is 163 Å². The summed E-state index contributed by atoms with van der Waals surface area (Å²) in [6.07, 6.45) is 3.63. The van der Waals surface area contributed by atoms with Gasteiger partial charge in [-0.05, 0) is 37.7 Å². The largest absolute Gasteiger partial charge is 0.376 e. The molecule has 1 saturated carbocycles. The predicted octanol–water partition coefficient (Wildman–Crippen LogP) is 2.45. The summed E-state index contributed by atoms with van der Waals surface area (Å²) < 4.78 is 5.78. The van der Waals surface area contributed by atoms with Crippen LogP contribution in [0.25, 0.3) is 0 Å². The number of guanidine groups is 1. The van der Waals surface area contributed by atoms with Crippen molar-refractivity contribution in [1.82, 2.24) is 16.0 Å². The first-order valence-corrected chi connectivity index (χ1v) is 10.1. The highest BCUT2D eigenvalue weighted by atomic mass is 16.5. The second-order valence-electron chi connectivity index (χ2n) is 7.20. The van der Waals surface area contributed by atoms with E-state index in [1.807, 2.05) is 25.1 Å². The lowest BCUT2D eigenvalue weighted by atomic mass is 10.2. The van der Waals surface area contributed by atoms with E-state index in [0.29, 0.717) is 38.1 Å². The monoisotopic (exact) mass is 374 g/mol. The smallest absolute Gasteiger partial charge is 0.220 e. The molecule has 3 N–H and O–H groups in total. The second-order valence-corrected chi connectivity index (χ2v) is 7.20. The number of nitrogens with zero attached hydrogens (tertiary/aromatic N) is 1. The molecule has 6 nitrogen and oxygen atoms in total. The summed E-state index contributed by atoms with van der Waals surface area (Å²) in [5.74, 6) is 1.30. The molecule has 0 radical (unpaired) electrons. The average molecular weight is 375 g/mol. The molecule has 1 unspecified atom stereocenters. The molecule has 1 aromatic rings. The summed E-state index contributed by atoms with van der Waals surface area (Å²) in [5, 5.41) is 9.56. The van der Waals surface area contributed by atoms with Crippen LogP contribution >= 0.6 is 0 Å². The Kier molecular flexibility index (Phi) is 9.69. The molecule has 150 valence electrons. The summed E-state index contributed by atoms with van der Waals surface area (Å²) in [6, 6.07) is 10.6. The standard InChI is InChI=1S/C21H34N4O2/c1-3-22-21(23-13-7-10-20(26)25-19-11-12-19)24-14-17(2)15-27-16-18-8-5-4-6-9-18/h4-6,8-9,17,19H,3,7,10-16H2,1-2H3,(H,25,26)(H2,22,23,24). The summed E-state index contributed by atoms with van der Waals surface area (Å²) in [5.41, 5.74) is 1.19.